The van der Waals surface area contributed by atoms with Crippen molar-refractivity contribution >= 4 is 43.4 Å². The Kier molecular flexibility index (Phi) is 6.31. The summed E-state index contributed by atoms with van der Waals surface area (Å²) in [5.41, 5.74) is 3.01. The van der Waals surface area contributed by atoms with E-state index < -0.39 is 15.8 Å². The lowest BCUT2D eigenvalue weighted by Gasteiger charge is -2.33. The fourth-order valence-corrected chi connectivity index (χ4v) is 6.28. The maximum absolute atomic E-state index is 14.0. The summed E-state index contributed by atoms with van der Waals surface area (Å²) in [5, 5.41) is 5.21. The summed E-state index contributed by atoms with van der Waals surface area (Å²) < 4.78 is 43.1. The van der Waals surface area contributed by atoms with Crippen LogP contribution in [0, 0.1) is 5.82 Å². The third kappa shape index (κ3) is 4.42. The molecule has 1 aliphatic heterocycles. The number of aromatic nitrogens is 1. The lowest BCUT2D eigenvalue weighted by Crippen LogP contribution is -2.50. The number of rotatable bonds is 6. The van der Waals surface area contributed by atoms with E-state index in [1.807, 2.05) is 35.2 Å². The second kappa shape index (κ2) is 9.41. The number of fused-ring (bicyclic) bond motifs is 3. The number of amides is 1. The zero-order valence-corrected chi connectivity index (χ0v) is 20.3. The van der Waals surface area contributed by atoms with Crippen molar-refractivity contribution in [3.05, 3.63) is 72.5 Å². The van der Waals surface area contributed by atoms with E-state index in [2.05, 4.69) is 28.9 Å². The van der Waals surface area contributed by atoms with Gasteiger partial charge in [0.15, 0.2) is 0 Å². The first kappa shape index (κ1) is 23.5. The highest BCUT2D eigenvalue weighted by molar-refractivity contribution is 7.89. The quantitative estimate of drug-likeness (QED) is 0.441. The van der Waals surface area contributed by atoms with Gasteiger partial charge >= 0.3 is 0 Å². The highest BCUT2D eigenvalue weighted by Crippen LogP contribution is 2.31. The summed E-state index contributed by atoms with van der Waals surface area (Å²) >= 11 is 0. The topological polar surface area (TPSA) is 74.7 Å². The zero-order chi connectivity index (χ0) is 24.6. The van der Waals surface area contributed by atoms with Gasteiger partial charge in [0, 0.05) is 60.2 Å². The Hall–Kier alpha value is -3.27. The number of halogens is 1. The molecular weight excluding hydrogens is 467 g/mol. The highest BCUT2D eigenvalue weighted by Gasteiger charge is 2.30. The fraction of sp³-hybridized carbons (Fsp3) is 0.269. The number of carbonyl (C=O) groups excluding carboxylic acids is 1. The van der Waals surface area contributed by atoms with E-state index in [1.165, 1.54) is 22.5 Å². The monoisotopic (exact) mass is 494 g/mol. The second-order valence-electron chi connectivity index (χ2n) is 8.65. The number of anilines is 1. The Labute approximate surface area is 203 Å². The first-order valence-corrected chi connectivity index (χ1v) is 13.1. The molecular formula is C26H27FN4O3S. The number of para-hydroxylation sites is 1. The van der Waals surface area contributed by atoms with E-state index in [1.54, 1.807) is 0 Å². The Morgan fingerprint density at radius 3 is 2.34 bits per heavy atom. The SMILES string of the molecule is CCn1c2ccccc2c2cc(NC(=O)CN3CCN(S(=O)(=O)c4ccccc4F)CC3)ccc21. The summed E-state index contributed by atoms with van der Waals surface area (Å²) in [5.74, 6) is -0.915. The molecule has 0 spiro atoms. The summed E-state index contributed by atoms with van der Waals surface area (Å²) in [6.45, 7) is 4.31. The summed E-state index contributed by atoms with van der Waals surface area (Å²) in [6.07, 6.45) is 0. The van der Waals surface area contributed by atoms with Crippen molar-refractivity contribution in [1.29, 1.82) is 0 Å². The van der Waals surface area contributed by atoms with Crippen LogP contribution >= 0.6 is 0 Å². The minimum Gasteiger partial charge on any atom is -0.341 e. The van der Waals surface area contributed by atoms with Crippen LogP contribution in [0.5, 0.6) is 0 Å². The van der Waals surface area contributed by atoms with Crippen LogP contribution in [0.4, 0.5) is 10.1 Å². The van der Waals surface area contributed by atoms with Gasteiger partial charge in [0.1, 0.15) is 10.7 Å². The number of piperazine rings is 1. The molecule has 182 valence electrons. The Bertz CT molecular complexity index is 1510. The van der Waals surface area contributed by atoms with Crippen LogP contribution < -0.4 is 5.32 Å². The molecule has 1 aliphatic rings. The van der Waals surface area contributed by atoms with Crippen molar-refractivity contribution in [2.24, 2.45) is 0 Å². The van der Waals surface area contributed by atoms with Crippen molar-refractivity contribution in [2.45, 2.75) is 18.4 Å². The molecule has 0 bridgehead atoms. The van der Waals surface area contributed by atoms with Crippen molar-refractivity contribution in [3.8, 4) is 0 Å². The summed E-state index contributed by atoms with van der Waals surface area (Å²) in [7, 11) is -3.90. The van der Waals surface area contributed by atoms with E-state index in [0.29, 0.717) is 13.1 Å². The van der Waals surface area contributed by atoms with Gasteiger partial charge in [0.2, 0.25) is 15.9 Å². The predicted octanol–water partition coefficient (Wildman–Crippen LogP) is 3.90. The number of hydrogen-bond donors (Lipinski definition) is 1. The largest absolute Gasteiger partial charge is 0.341 e. The van der Waals surface area contributed by atoms with Crippen LogP contribution in [0.1, 0.15) is 6.92 Å². The Morgan fingerprint density at radius 1 is 0.914 bits per heavy atom. The number of nitrogens with zero attached hydrogens (tertiary/aromatic N) is 3. The molecule has 7 nitrogen and oxygen atoms in total. The van der Waals surface area contributed by atoms with Gasteiger partial charge in [-0.15, -0.1) is 0 Å². The Morgan fingerprint density at radius 2 is 1.60 bits per heavy atom. The fourth-order valence-electron chi connectivity index (χ4n) is 4.80. The van der Waals surface area contributed by atoms with Crippen LogP contribution in [-0.2, 0) is 21.4 Å². The van der Waals surface area contributed by atoms with Gasteiger partial charge in [-0.1, -0.05) is 30.3 Å². The summed E-state index contributed by atoms with van der Waals surface area (Å²) in [6, 6.07) is 19.6. The van der Waals surface area contributed by atoms with Crippen LogP contribution in [0.3, 0.4) is 0 Å². The lowest BCUT2D eigenvalue weighted by molar-refractivity contribution is -0.117. The van der Waals surface area contributed by atoms with Gasteiger partial charge in [-0.25, -0.2) is 12.8 Å². The van der Waals surface area contributed by atoms with Gasteiger partial charge in [-0.05, 0) is 43.3 Å². The lowest BCUT2D eigenvalue weighted by atomic mass is 10.1. The van der Waals surface area contributed by atoms with E-state index in [4.69, 9.17) is 0 Å². The molecule has 0 radical (unpaired) electrons. The van der Waals surface area contributed by atoms with Gasteiger partial charge in [0.05, 0.1) is 6.54 Å². The van der Waals surface area contributed by atoms with Crippen molar-refractivity contribution in [3.63, 3.8) is 0 Å². The summed E-state index contributed by atoms with van der Waals surface area (Å²) in [4.78, 5) is 14.3. The van der Waals surface area contributed by atoms with Gasteiger partial charge in [-0.2, -0.15) is 4.31 Å². The number of sulfonamides is 1. The van der Waals surface area contributed by atoms with E-state index in [0.717, 1.165) is 40.1 Å². The van der Waals surface area contributed by atoms with E-state index in [-0.39, 0.29) is 30.4 Å². The number of aryl methyl sites for hydroxylation is 1. The smallest absolute Gasteiger partial charge is 0.246 e. The molecule has 1 N–H and O–H groups in total. The molecule has 1 aromatic heterocycles. The molecule has 1 saturated heterocycles. The van der Waals surface area contributed by atoms with E-state index >= 15 is 0 Å². The van der Waals surface area contributed by atoms with Crippen LogP contribution in [-0.4, -0.2) is 60.8 Å². The predicted molar refractivity (Wildman–Crippen MR) is 135 cm³/mol. The third-order valence-electron chi connectivity index (χ3n) is 6.53. The number of hydrogen-bond acceptors (Lipinski definition) is 4. The molecule has 0 saturated carbocycles. The Balaban J connectivity index is 1.24. The highest BCUT2D eigenvalue weighted by atomic mass is 32.2. The second-order valence-corrected chi connectivity index (χ2v) is 10.6. The minimum atomic E-state index is -3.90. The molecule has 4 aromatic rings. The van der Waals surface area contributed by atoms with Crippen LogP contribution in [0.2, 0.25) is 0 Å². The van der Waals surface area contributed by atoms with Gasteiger partial charge < -0.3 is 9.88 Å². The molecule has 5 rings (SSSR count). The normalized spacial score (nSPS) is 15.6. The average Bonchev–Trinajstić information content (AvgIpc) is 3.17. The standard InChI is InChI=1S/C26H27FN4O3S/c1-2-31-23-9-5-3-7-20(23)21-17-19(11-12-24(21)31)28-26(32)18-29-13-15-30(16-14-29)35(33,34)25-10-6-4-8-22(25)27/h3-12,17H,2,13-16,18H2,1H3,(H,28,32). The first-order chi connectivity index (χ1) is 16.9. The van der Waals surface area contributed by atoms with Crippen LogP contribution in [0.15, 0.2) is 71.6 Å². The molecule has 9 heteroatoms. The molecule has 35 heavy (non-hydrogen) atoms. The maximum Gasteiger partial charge on any atom is 0.246 e. The molecule has 1 fully saturated rings. The molecule has 0 aliphatic carbocycles. The average molecular weight is 495 g/mol. The van der Waals surface area contributed by atoms with Crippen molar-refractivity contribution in [1.82, 2.24) is 13.8 Å². The van der Waals surface area contributed by atoms with Gasteiger partial charge in [-0.3, -0.25) is 9.69 Å². The molecule has 3 aromatic carbocycles. The molecule has 0 atom stereocenters. The van der Waals surface area contributed by atoms with Crippen molar-refractivity contribution < 1.29 is 17.6 Å². The first-order valence-electron chi connectivity index (χ1n) is 11.7. The third-order valence-corrected chi connectivity index (χ3v) is 8.46. The maximum atomic E-state index is 14.0. The number of benzene rings is 3. The van der Waals surface area contributed by atoms with Crippen molar-refractivity contribution in [2.75, 3.05) is 38.0 Å². The molecule has 2 heterocycles. The van der Waals surface area contributed by atoms with Crippen LogP contribution in [0.25, 0.3) is 21.8 Å². The minimum absolute atomic E-state index is 0.155. The molecule has 0 unspecified atom stereocenters. The van der Waals surface area contributed by atoms with E-state index in [9.17, 15) is 17.6 Å². The number of nitrogens with one attached hydrogen (secondary N) is 1. The zero-order valence-electron chi connectivity index (χ0n) is 19.4. The van der Waals surface area contributed by atoms with Gasteiger partial charge in [0.25, 0.3) is 0 Å². The number of carbonyl (C=O) groups is 1. The molecule has 1 amide bonds.